The summed E-state index contributed by atoms with van der Waals surface area (Å²) >= 11 is 0. The zero-order chi connectivity index (χ0) is 43.2. The maximum absolute atomic E-state index is 4.09. The number of hydrogen-bond donors (Lipinski definition) is 0. The van der Waals surface area contributed by atoms with E-state index in [-0.39, 0.29) is 333 Å². The van der Waals surface area contributed by atoms with Gasteiger partial charge in [0.15, 0.2) is 75.8 Å². The molecule has 0 saturated carbocycles. The average molecular weight is 2090 g/mol. The van der Waals surface area contributed by atoms with Crippen LogP contribution in [0.4, 0.5) is 0 Å². The molecule has 0 amide bonds. The molecule has 10 rings (SSSR count). The summed E-state index contributed by atoms with van der Waals surface area (Å²) in [5, 5.41) is 0. The molecule has 38 nitrogen and oxygen atoms in total. The van der Waals surface area contributed by atoms with Crippen molar-refractivity contribution in [2.45, 2.75) is 26.2 Å². The van der Waals surface area contributed by atoms with Gasteiger partial charge in [-0.05, 0) is 93.0 Å². The Morgan fingerprint density at radius 2 is 0.255 bits per heavy atom. The van der Waals surface area contributed by atoms with E-state index in [1.54, 1.807) is 0 Å². The van der Waals surface area contributed by atoms with E-state index in [0.717, 1.165) is 26.2 Å². The van der Waals surface area contributed by atoms with Crippen LogP contribution in [0.1, 0.15) is 22.3 Å². The molecule has 8 N–H and O–H groups in total. The molecule has 0 fully saturated rings. The van der Waals surface area contributed by atoms with E-state index in [1.165, 1.54) is 66.8 Å². The summed E-state index contributed by atoms with van der Waals surface area (Å²) in [6.45, 7) is 3.41. The third-order valence-electron chi connectivity index (χ3n) is 11.1. The van der Waals surface area contributed by atoms with Gasteiger partial charge in [0, 0.05) is 289 Å². The molecule has 0 radical (unpaired) electrons. The van der Waals surface area contributed by atoms with Crippen molar-refractivity contribution in [2.75, 3.05) is 0 Å². The van der Waals surface area contributed by atoms with E-state index in [0.29, 0.717) is 0 Å². The Bertz CT molecular complexity index is 2660. The van der Waals surface area contributed by atoms with Gasteiger partial charge in [-0.25, -0.2) is 18.3 Å². The molecule has 0 unspecified atom stereocenters. The standard InChI is InChI=1S/2C28H24N4.8Mo.4H2O.26O/c2*1-2-24(22-32-19-11-28(12-20-32)26-7-15-30-16-8-26)4-3-23(1)21-31-17-9-27(10-18-31)25-5-13-29-14-6-25;;;;;;;;;;;;;;;;;;;;;;;;;;;;;;;;;;;;;;/h2*1-20H,21-22H2;;;;;;;;;4*1H2;;;;;;;;;;;;;;;;;;;;;;;;;;/q2*+2;;;;;;;;;;;;;26*-2. The van der Waals surface area contributed by atoms with Crippen LogP contribution in [0.2, 0.25) is 0 Å². The second kappa shape index (κ2) is 106. The summed E-state index contributed by atoms with van der Waals surface area (Å²) in [6, 6.07) is 51.1. The van der Waals surface area contributed by atoms with Gasteiger partial charge in [-0.2, -0.15) is 0 Å². The van der Waals surface area contributed by atoms with E-state index in [2.05, 4.69) is 185 Å². The molecule has 0 aliphatic heterocycles. The molecule has 0 spiro atoms. The van der Waals surface area contributed by atoms with Gasteiger partial charge in [-0.3, -0.25) is 19.9 Å². The van der Waals surface area contributed by atoms with E-state index in [9.17, 15) is 0 Å². The molecule has 0 aliphatic carbocycles. The van der Waals surface area contributed by atoms with E-state index >= 15 is 0 Å². The number of pyridine rings is 8. The maximum atomic E-state index is 4.09. The number of hydrogen-bond acceptors (Lipinski definition) is 4. The molecule has 0 saturated heterocycles. The van der Waals surface area contributed by atoms with Crippen molar-refractivity contribution in [3.05, 3.63) is 267 Å². The maximum Gasteiger partial charge on any atom is 0.173 e. The Balaban J connectivity index is -0.0000000264. The SMILES string of the molecule is O.O.O.O.[Mo].[Mo].[Mo].[Mo].[Mo].[Mo].[Mo].[Mo].[O-2].[O-2].[O-2].[O-2].[O-2].[O-2].[O-2].[O-2].[O-2].[O-2].[O-2].[O-2].[O-2].[O-2].[O-2].[O-2].[O-2].[O-2].[O-2].[O-2].[O-2].[O-2].[O-2].[O-2].[O-2].[O-2].c1cc(-c2cc[n+](Cc3ccc(C[n+]4ccc(-c5ccncc5)cc4)cc3)cc2)ccn1.c1cc(-c2cc[n+](Cc3ccc(C[n+]4ccc(-c5ccncc5)cc4)cc3)cc2)ccn1. The first-order chi connectivity index (χ1) is 31.7. The molecule has 0 atom stereocenters. The predicted octanol–water partition coefficient (Wildman–Crippen LogP) is 2.56. The van der Waals surface area contributed by atoms with E-state index in [4.69, 9.17) is 0 Å². The van der Waals surface area contributed by atoms with Crippen LogP contribution in [-0.2, 0) is 337 Å². The van der Waals surface area contributed by atoms with Gasteiger partial charge < -0.3 is 164 Å². The van der Waals surface area contributed by atoms with Gasteiger partial charge >= 0.3 is 0 Å². The molecule has 10 aromatic rings. The topological polar surface area (TPSA) is 934 Å². The molecular formula is C56H56Mo8N8O30-48. The van der Waals surface area contributed by atoms with E-state index in [1.807, 2.05) is 98.1 Å². The number of rotatable bonds is 12. The van der Waals surface area contributed by atoms with Crippen LogP contribution in [0.5, 0.6) is 0 Å². The fourth-order valence-electron chi connectivity index (χ4n) is 7.54. The summed E-state index contributed by atoms with van der Waals surface area (Å²) in [4.78, 5) is 16.3. The number of nitrogens with zero attached hydrogens (tertiary/aromatic N) is 8. The first-order valence-electron chi connectivity index (χ1n) is 21.4. The quantitative estimate of drug-likeness (QED) is 0.131. The van der Waals surface area contributed by atoms with Crippen LogP contribution in [0.15, 0.2) is 245 Å². The van der Waals surface area contributed by atoms with E-state index < -0.39 is 0 Å². The van der Waals surface area contributed by atoms with Crippen LogP contribution in [0, 0.1) is 0 Å². The van der Waals surface area contributed by atoms with Gasteiger partial charge in [-0.15, -0.1) is 0 Å². The smallest absolute Gasteiger partial charge is 0.173 e. The Morgan fingerprint density at radius 1 is 0.157 bits per heavy atom. The predicted molar refractivity (Wildman–Crippen MR) is 281 cm³/mol. The number of benzene rings is 2. The molecular weight excluding hydrogens is 2030 g/mol. The van der Waals surface area contributed by atoms with Crippen molar-refractivity contribution < 1.29 is 351 Å². The number of aromatic nitrogens is 8. The molecule has 8 aromatic heterocycles. The summed E-state index contributed by atoms with van der Waals surface area (Å²) in [5.74, 6) is 0. The fourth-order valence-corrected chi connectivity index (χ4v) is 7.54. The molecule has 2 aromatic carbocycles. The van der Waals surface area contributed by atoms with Crippen LogP contribution in [0.3, 0.4) is 0 Å². The Morgan fingerprint density at radius 3 is 0.363 bits per heavy atom. The molecule has 0 bridgehead atoms. The van der Waals surface area contributed by atoms with Gasteiger partial charge in [0.25, 0.3) is 0 Å². The monoisotopic (exact) mass is 2100 g/mol. The normalized spacial score (nSPS) is 6.75. The zero-order valence-electron chi connectivity index (χ0n) is 51.4. The summed E-state index contributed by atoms with van der Waals surface area (Å²) in [7, 11) is 0. The second-order valence-corrected chi connectivity index (χ2v) is 15.6. The third kappa shape index (κ3) is 60.1. The largest absolute Gasteiger partial charge is 2.00 e. The van der Waals surface area contributed by atoms with Crippen molar-refractivity contribution >= 4 is 0 Å². The van der Waals surface area contributed by atoms with Crippen molar-refractivity contribution in [3.8, 4) is 44.5 Å². The molecule has 102 heavy (non-hydrogen) atoms. The van der Waals surface area contributed by atoms with Crippen molar-refractivity contribution in [1.82, 2.24) is 19.9 Å². The summed E-state index contributed by atoms with van der Waals surface area (Å²) < 4.78 is 8.80. The molecule has 46 heteroatoms. The van der Waals surface area contributed by atoms with Crippen molar-refractivity contribution in [2.24, 2.45) is 0 Å². The summed E-state index contributed by atoms with van der Waals surface area (Å²) in [5.41, 5.74) is 14.7. The first-order valence-corrected chi connectivity index (χ1v) is 21.4. The zero-order valence-corrected chi connectivity index (χ0v) is 67.4. The Hall–Kier alpha value is -4.05. The first kappa shape index (κ1) is 199. The Labute approximate surface area is 702 Å². The molecule has 8 heterocycles. The van der Waals surface area contributed by atoms with Gasteiger partial charge in [0.2, 0.25) is 0 Å². The molecule has 596 valence electrons. The van der Waals surface area contributed by atoms with Crippen LogP contribution in [0.25, 0.3) is 44.5 Å². The van der Waals surface area contributed by atoms with Crippen LogP contribution >= 0.6 is 0 Å². The fraction of sp³-hybridized carbons (Fsp3) is 0.0714. The Kier molecular flexibility index (Phi) is 206. The van der Waals surface area contributed by atoms with Crippen LogP contribution in [-0.4, -0.2) is 41.8 Å². The van der Waals surface area contributed by atoms with Crippen molar-refractivity contribution in [1.29, 1.82) is 0 Å². The van der Waals surface area contributed by atoms with Crippen LogP contribution < -0.4 is 18.3 Å². The van der Waals surface area contributed by atoms with Crippen molar-refractivity contribution in [3.63, 3.8) is 0 Å². The van der Waals surface area contributed by atoms with Gasteiger partial charge in [-0.1, -0.05) is 48.5 Å². The average Bonchev–Trinajstić information content (AvgIpc) is 3.37. The third-order valence-corrected chi connectivity index (χ3v) is 11.1. The second-order valence-electron chi connectivity index (χ2n) is 15.6. The van der Waals surface area contributed by atoms with Gasteiger partial charge in [0.05, 0.1) is 0 Å². The molecule has 0 aliphatic rings. The minimum atomic E-state index is 0. The minimum Gasteiger partial charge on any atom is -2.00 e. The minimum absolute atomic E-state index is 0. The van der Waals surface area contributed by atoms with Gasteiger partial charge in [0.1, 0.15) is 0 Å². The summed E-state index contributed by atoms with van der Waals surface area (Å²) in [6.07, 6.45) is 31.6.